The van der Waals surface area contributed by atoms with Gasteiger partial charge in [-0.15, -0.1) is 11.3 Å². The van der Waals surface area contributed by atoms with E-state index in [0.29, 0.717) is 4.90 Å². The van der Waals surface area contributed by atoms with Gasteiger partial charge in [0.05, 0.1) is 5.56 Å². The van der Waals surface area contributed by atoms with Gasteiger partial charge >= 0.3 is 6.18 Å². The predicted molar refractivity (Wildman–Crippen MR) is 79.7 cm³/mol. The molecule has 0 bridgehead atoms. The quantitative estimate of drug-likeness (QED) is 0.850. The number of nitrogens with zero attached hydrogens (tertiary/aromatic N) is 1. The molecule has 0 aliphatic heterocycles. The molecule has 1 aromatic heterocycles. The number of aromatic nitrogens is 1. The highest BCUT2D eigenvalue weighted by Crippen LogP contribution is 2.37. The van der Waals surface area contributed by atoms with E-state index in [4.69, 9.17) is 0 Å². The van der Waals surface area contributed by atoms with Crippen molar-refractivity contribution in [2.24, 2.45) is 0 Å². The Morgan fingerprint density at radius 1 is 1.33 bits per heavy atom. The molecule has 0 spiro atoms. The molecule has 114 valence electrons. The molecule has 0 saturated carbocycles. The lowest BCUT2D eigenvalue weighted by Crippen LogP contribution is -2.23. The lowest BCUT2D eigenvalue weighted by atomic mass is 10.1. The van der Waals surface area contributed by atoms with E-state index in [2.05, 4.69) is 10.3 Å². The van der Waals surface area contributed by atoms with Gasteiger partial charge in [0.2, 0.25) is 0 Å². The van der Waals surface area contributed by atoms with Gasteiger partial charge < -0.3 is 5.32 Å². The first-order valence-electron chi connectivity index (χ1n) is 6.37. The van der Waals surface area contributed by atoms with Gasteiger partial charge in [0.1, 0.15) is 0 Å². The van der Waals surface area contributed by atoms with E-state index in [0.717, 1.165) is 4.34 Å². The Bertz CT molecular complexity index is 580. The largest absolute Gasteiger partial charge is 0.416 e. The fourth-order valence-corrected chi connectivity index (χ4v) is 3.35. The molecule has 0 saturated heterocycles. The third-order valence-electron chi connectivity index (χ3n) is 2.70. The number of benzene rings is 1. The number of hydrogen-bond acceptors (Lipinski definition) is 4. The van der Waals surface area contributed by atoms with Crippen LogP contribution >= 0.6 is 23.1 Å². The van der Waals surface area contributed by atoms with Crippen LogP contribution < -0.4 is 5.32 Å². The van der Waals surface area contributed by atoms with Gasteiger partial charge in [-0.25, -0.2) is 4.98 Å². The minimum Gasteiger partial charge on any atom is -0.310 e. The molecule has 21 heavy (non-hydrogen) atoms. The molecule has 2 nitrogen and oxygen atoms in total. The number of alkyl halides is 3. The normalized spacial score (nSPS) is 12.1. The predicted octanol–water partition coefficient (Wildman–Crippen LogP) is 4.81. The third-order valence-corrected chi connectivity index (χ3v) is 4.58. The van der Waals surface area contributed by atoms with Crippen LogP contribution in [-0.2, 0) is 12.7 Å². The van der Waals surface area contributed by atoms with E-state index in [9.17, 15) is 13.2 Å². The zero-order valence-corrected chi connectivity index (χ0v) is 13.2. The van der Waals surface area contributed by atoms with Crippen LogP contribution in [0.1, 0.15) is 25.0 Å². The number of hydrogen-bond donors (Lipinski definition) is 1. The van der Waals surface area contributed by atoms with Gasteiger partial charge in [0.25, 0.3) is 0 Å². The van der Waals surface area contributed by atoms with Crippen LogP contribution in [0.25, 0.3) is 0 Å². The smallest absolute Gasteiger partial charge is 0.310 e. The summed E-state index contributed by atoms with van der Waals surface area (Å²) in [6, 6.07) is 4.58. The van der Waals surface area contributed by atoms with Crippen molar-refractivity contribution in [2.75, 3.05) is 0 Å². The van der Waals surface area contributed by atoms with Crippen molar-refractivity contribution in [2.45, 2.75) is 41.8 Å². The molecule has 1 aromatic carbocycles. The fraction of sp³-hybridized carbons (Fsp3) is 0.357. The lowest BCUT2D eigenvalue weighted by Gasteiger charge is -2.16. The van der Waals surface area contributed by atoms with Gasteiger partial charge in [0, 0.05) is 29.1 Å². The summed E-state index contributed by atoms with van der Waals surface area (Å²) >= 11 is 2.65. The number of nitrogens with one attached hydrogen (secondary N) is 1. The third kappa shape index (κ3) is 4.72. The van der Waals surface area contributed by atoms with Crippen LogP contribution in [0.2, 0.25) is 0 Å². The Kier molecular flexibility index (Phi) is 5.29. The lowest BCUT2D eigenvalue weighted by molar-refractivity contribution is -0.138. The van der Waals surface area contributed by atoms with E-state index in [-0.39, 0.29) is 18.2 Å². The summed E-state index contributed by atoms with van der Waals surface area (Å²) < 4.78 is 40.3. The van der Waals surface area contributed by atoms with Crippen LogP contribution in [0.3, 0.4) is 0 Å². The Balaban J connectivity index is 2.26. The molecule has 1 heterocycles. The second-order valence-electron chi connectivity index (χ2n) is 4.75. The van der Waals surface area contributed by atoms with Crippen LogP contribution in [-0.4, -0.2) is 11.0 Å². The monoisotopic (exact) mass is 332 g/mol. The van der Waals surface area contributed by atoms with Crippen LogP contribution in [0, 0.1) is 0 Å². The van der Waals surface area contributed by atoms with Crippen molar-refractivity contribution >= 4 is 23.1 Å². The summed E-state index contributed by atoms with van der Waals surface area (Å²) in [5.74, 6) is 0. The van der Waals surface area contributed by atoms with Crippen molar-refractivity contribution in [3.63, 3.8) is 0 Å². The van der Waals surface area contributed by atoms with Crippen molar-refractivity contribution in [3.05, 3.63) is 40.9 Å². The Morgan fingerprint density at radius 2 is 2.10 bits per heavy atom. The van der Waals surface area contributed by atoms with Crippen LogP contribution in [0.5, 0.6) is 0 Å². The molecule has 7 heteroatoms. The Labute approximate surface area is 129 Å². The SMILES string of the molecule is CC(C)NCc1ccc(Sc2nccs2)cc1C(F)(F)F. The van der Waals surface area contributed by atoms with E-state index >= 15 is 0 Å². The first-order chi connectivity index (χ1) is 9.86. The zero-order chi connectivity index (χ0) is 15.5. The number of halogens is 3. The Morgan fingerprint density at radius 3 is 2.67 bits per heavy atom. The zero-order valence-electron chi connectivity index (χ0n) is 11.6. The molecule has 0 amide bonds. The minimum absolute atomic E-state index is 0.135. The number of rotatable bonds is 5. The second kappa shape index (κ2) is 6.81. The summed E-state index contributed by atoms with van der Waals surface area (Å²) in [6.07, 6.45) is -2.72. The molecule has 2 aromatic rings. The molecule has 2 rings (SSSR count). The molecule has 0 aliphatic carbocycles. The van der Waals surface area contributed by atoms with Crippen LogP contribution in [0.4, 0.5) is 13.2 Å². The molecule has 0 atom stereocenters. The molecule has 0 aliphatic rings. The maximum atomic E-state index is 13.2. The second-order valence-corrected chi connectivity index (χ2v) is 6.97. The summed E-state index contributed by atoms with van der Waals surface area (Å²) in [5.41, 5.74) is -0.322. The molecular weight excluding hydrogens is 317 g/mol. The van der Waals surface area contributed by atoms with Gasteiger partial charge in [-0.1, -0.05) is 31.7 Å². The average molecular weight is 332 g/mol. The first-order valence-corrected chi connectivity index (χ1v) is 8.06. The average Bonchev–Trinajstić information content (AvgIpc) is 2.89. The topological polar surface area (TPSA) is 24.9 Å². The van der Waals surface area contributed by atoms with Crippen molar-refractivity contribution in [1.82, 2.24) is 10.3 Å². The van der Waals surface area contributed by atoms with Crippen LogP contribution in [0.15, 0.2) is 39.0 Å². The molecule has 0 radical (unpaired) electrons. The highest BCUT2D eigenvalue weighted by Gasteiger charge is 2.33. The molecular formula is C14H15F3N2S2. The summed E-state index contributed by atoms with van der Waals surface area (Å²) in [7, 11) is 0. The standard InChI is InChI=1S/C14H15F3N2S2/c1-9(2)19-8-10-3-4-11(7-12(10)14(15,16)17)21-13-18-5-6-20-13/h3-7,9,19H,8H2,1-2H3. The maximum Gasteiger partial charge on any atom is 0.416 e. The molecule has 1 N–H and O–H groups in total. The maximum absolute atomic E-state index is 13.2. The minimum atomic E-state index is -4.35. The summed E-state index contributed by atoms with van der Waals surface area (Å²) in [5, 5.41) is 4.82. The molecule has 0 fully saturated rings. The first kappa shape index (κ1) is 16.3. The Hall–Kier alpha value is -1.05. The van der Waals surface area contributed by atoms with E-state index in [1.807, 2.05) is 13.8 Å². The summed E-state index contributed by atoms with van der Waals surface area (Å²) in [6.45, 7) is 4.01. The highest BCUT2D eigenvalue weighted by molar-refractivity contribution is 8.01. The van der Waals surface area contributed by atoms with E-state index in [1.165, 1.54) is 35.2 Å². The van der Waals surface area contributed by atoms with Crippen molar-refractivity contribution in [1.29, 1.82) is 0 Å². The van der Waals surface area contributed by atoms with E-state index in [1.54, 1.807) is 17.6 Å². The summed E-state index contributed by atoms with van der Waals surface area (Å²) in [4.78, 5) is 4.62. The highest BCUT2D eigenvalue weighted by atomic mass is 32.2. The van der Waals surface area contributed by atoms with Crippen molar-refractivity contribution in [3.8, 4) is 0 Å². The van der Waals surface area contributed by atoms with E-state index < -0.39 is 11.7 Å². The van der Waals surface area contributed by atoms with Gasteiger partial charge in [0.15, 0.2) is 4.34 Å². The molecule has 0 unspecified atom stereocenters. The van der Waals surface area contributed by atoms with Gasteiger partial charge in [-0.2, -0.15) is 13.2 Å². The number of thiazole rings is 1. The van der Waals surface area contributed by atoms with Gasteiger partial charge in [-0.05, 0) is 17.7 Å². The van der Waals surface area contributed by atoms with Gasteiger partial charge in [-0.3, -0.25) is 0 Å². The van der Waals surface area contributed by atoms with Crippen molar-refractivity contribution < 1.29 is 13.2 Å². The fourth-order valence-electron chi connectivity index (χ4n) is 1.71.